The van der Waals surface area contributed by atoms with Crippen molar-refractivity contribution in [2.24, 2.45) is 0 Å². The van der Waals surface area contributed by atoms with E-state index < -0.39 is 9.04 Å². The average Bonchev–Trinajstić information content (AvgIpc) is 2.41. The molecule has 3 atom stereocenters. The minimum atomic E-state index is -1.12. The molecule has 1 aliphatic heterocycles. The van der Waals surface area contributed by atoms with Gasteiger partial charge in [-0.2, -0.15) is 12.6 Å². The SMILES string of the molecule is CCC(S)C(c1ccccc1)[SiH]1CCCCO1. The molecule has 17 heavy (non-hydrogen) atoms. The lowest BCUT2D eigenvalue weighted by molar-refractivity contribution is 0.279. The smallest absolute Gasteiger partial charge is 0.185 e. The summed E-state index contributed by atoms with van der Waals surface area (Å²) in [6, 6.07) is 12.2. The van der Waals surface area contributed by atoms with Crippen LogP contribution in [0.1, 0.15) is 37.3 Å². The van der Waals surface area contributed by atoms with Crippen molar-refractivity contribution in [3.8, 4) is 0 Å². The molecule has 0 N–H and O–H groups in total. The second-order valence-electron chi connectivity index (χ2n) is 4.82. The molecule has 0 amide bonds. The first-order valence-corrected chi connectivity index (χ1v) is 9.14. The molecule has 3 unspecified atom stereocenters. The van der Waals surface area contributed by atoms with Gasteiger partial charge in [-0.25, -0.2) is 0 Å². The van der Waals surface area contributed by atoms with Crippen LogP contribution in [0.2, 0.25) is 6.04 Å². The molecule has 0 spiro atoms. The summed E-state index contributed by atoms with van der Waals surface area (Å²) in [6.07, 6.45) is 3.72. The Morgan fingerprint density at radius 1 is 1.29 bits per heavy atom. The third-order valence-electron chi connectivity index (χ3n) is 3.63. The average molecular weight is 266 g/mol. The predicted molar refractivity (Wildman–Crippen MR) is 79.4 cm³/mol. The molecule has 0 radical (unpaired) electrons. The second kappa shape index (κ2) is 6.62. The van der Waals surface area contributed by atoms with Crippen molar-refractivity contribution in [1.29, 1.82) is 0 Å². The monoisotopic (exact) mass is 266 g/mol. The summed E-state index contributed by atoms with van der Waals surface area (Å²) in [5.74, 6) is 0. The third kappa shape index (κ3) is 3.36. The Morgan fingerprint density at radius 2 is 2.06 bits per heavy atom. The highest BCUT2D eigenvalue weighted by Gasteiger charge is 2.31. The second-order valence-corrected chi connectivity index (χ2v) is 8.19. The van der Waals surface area contributed by atoms with E-state index >= 15 is 0 Å². The zero-order chi connectivity index (χ0) is 12.1. The van der Waals surface area contributed by atoms with Gasteiger partial charge < -0.3 is 4.43 Å². The van der Waals surface area contributed by atoms with E-state index in [1.54, 1.807) is 0 Å². The molecule has 1 aromatic rings. The molecule has 0 aromatic heterocycles. The molecular weight excluding hydrogens is 244 g/mol. The van der Waals surface area contributed by atoms with Crippen molar-refractivity contribution in [3.63, 3.8) is 0 Å². The first kappa shape index (κ1) is 13.2. The molecule has 94 valence electrons. The zero-order valence-electron chi connectivity index (χ0n) is 10.5. The quantitative estimate of drug-likeness (QED) is 0.648. The van der Waals surface area contributed by atoms with Gasteiger partial charge in [0.05, 0.1) is 0 Å². The maximum Gasteiger partial charge on any atom is 0.185 e. The van der Waals surface area contributed by atoms with Crippen molar-refractivity contribution in [1.82, 2.24) is 0 Å². The molecule has 1 fully saturated rings. The van der Waals surface area contributed by atoms with E-state index in [0.717, 1.165) is 13.0 Å². The summed E-state index contributed by atoms with van der Waals surface area (Å²) in [5.41, 5.74) is 2.01. The normalized spacial score (nSPS) is 24.2. The van der Waals surface area contributed by atoms with E-state index in [0.29, 0.717) is 10.8 Å². The molecule has 1 heterocycles. The number of benzene rings is 1. The molecule has 1 nitrogen and oxygen atoms in total. The molecular formula is C14H22OSSi. The van der Waals surface area contributed by atoms with Crippen LogP contribution in [-0.4, -0.2) is 20.9 Å². The molecule has 1 saturated heterocycles. The molecule has 3 heteroatoms. The zero-order valence-corrected chi connectivity index (χ0v) is 12.6. The van der Waals surface area contributed by atoms with Crippen LogP contribution in [0.5, 0.6) is 0 Å². The van der Waals surface area contributed by atoms with Crippen molar-refractivity contribution in [2.75, 3.05) is 6.61 Å². The van der Waals surface area contributed by atoms with E-state index in [9.17, 15) is 0 Å². The van der Waals surface area contributed by atoms with Gasteiger partial charge in [0.2, 0.25) is 0 Å². The fourth-order valence-electron chi connectivity index (χ4n) is 2.66. The fourth-order valence-corrected chi connectivity index (χ4v) is 6.72. The fraction of sp³-hybridized carbons (Fsp3) is 0.571. The van der Waals surface area contributed by atoms with E-state index in [-0.39, 0.29) is 0 Å². The summed E-state index contributed by atoms with van der Waals surface area (Å²) < 4.78 is 6.11. The van der Waals surface area contributed by atoms with Crippen molar-refractivity contribution < 1.29 is 4.43 Å². The highest BCUT2D eigenvalue weighted by molar-refractivity contribution is 7.81. The number of rotatable bonds is 4. The van der Waals surface area contributed by atoms with E-state index in [1.165, 1.54) is 24.4 Å². The number of hydrogen-bond donors (Lipinski definition) is 1. The number of hydrogen-bond acceptors (Lipinski definition) is 2. The van der Waals surface area contributed by atoms with Crippen LogP contribution in [0.25, 0.3) is 0 Å². The van der Waals surface area contributed by atoms with Gasteiger partial charge in [0.15, 0.2) is 9.04 Å². The molecule has 1 aromatic carbocycles. The van der Waals surface area contributed by atoms with Gasteiger partial charge in [-0.05, 0) is 24.4 Å². The number of thiol groups is 1. The largest absolute Gasteiger partial charge is 0.419 e. The molecule has 0 aliphatic carbocycles. The van der Waals surface area contributed by atoms with Crippen molar-refractivity contribution >= 4 is 21.7 Å². The first-order valence-electron chi connectivity index (χ1n) is 6.67. The Labute approximate surface area is 112 Å². The predicted octanol–water partition coefficient (Wildman–Crippen LogP) is 3.55. The molecule has 2 rings (SSSR count). The van der Waals surface area contributed by atoms with Crippen LogP contribution in [-0.2, 0) is 4.43 Å². The lowest BCUT2D eigenvalue weighted by Crippen LogP contribution is -2.36. The highest BCUT2D eigenvalue weighted by atomic mass is 32.1. The van der Waals surface area contributed by atoms with E-state index in [1.807, 2.05) is 0 Å². The van der Waals surface area contributed by atoms with Crippen LogP contribution < -0.4 is 0 Å². The van der Waals surface area contributed by atoms with Gasteiger partial charge in [-0.1, -0.05) is 43.7 Å². The van der Waals surface area contributed by atoms with Crippen LogP contribution in [0, 0.1) is 0 Å². The highest BCUT2D eigenvalue weighted by Crippen LogP contribution is 2.32. The van der Waals surface area contributed by atoms with Gasteiger partial charge in [0.1, 0.15) is 0 Å². The Hall–Kier alpha value is -0.253. The van der Waals surface area contributed by atoms with Gasteiger partial charge in [-0.15, -0.1) is 0 Å². The molecule has 1 aliphatic rings. The Bertz CT molecular complexity index is 324. The minimum absolute atomic E-state index is 0.451. The Morgan fingerprint density at radius 3 is 2.65 bits per heavy atom. The van der Waals surface area contributed by atoms with E-state index in [2.05, 4.69) is 37.3 Å². The standard InChI is InChI=1S/C14H22OSSi/c1-2-13(16)14(12-8-4-3-5-9-12)17-11-7-6-10-15-17/h3-5,8-9,13-14,16-17H,2,6-7,10-11H2,1H3. The summed E-state index contributed by atoms with van der Waals surface area (Å²) >= 11 is 4.80. The van der Waals surface area contributed by atoms with Crippen LogP contribution >= 0.6 is 12.6 Å². The topological polar surface area (TPSA) is 9.23 Å². The van der Waals surface area contributed by atoms with Gasteiger partial charge in [-0.3, -0.25) is 0 Å². The summed E-state index contributed by atoms with van der Waals surface area (Å²) in [5, 5.41) is 0.451. The maximum absolute atomic E-state index is 6.11. The van der Waals surface area contributed by atoms with Crippen molar-refractivity contribution in [2.45, 2.75) is 43.0 Å². The lowest BCUT2D eigenvalue weighted by Gasteiger charge is -2.32. The Balaban J connectivity index is 2.18. The third-order valence-corrected chi connectivity index (χ3v) is 7.93. The lowest BCUT2D eigenvalue weighted by atomic mass is 10.1. The summed E-state index contributed by atoms with van der Waals surface area (Å²) in [6.45, 7) is 3.20. The van der Waals surface area contributed by atoms with Gasteiger partial charge in [0.25, 0.3) is 0 Å². The first-order chi connectivity index (χ1) is 8.33. The Kier molecular flexibility index (Phi) is 5.13. The van der Waals surface area contributed by atoms with Crippen LogP contribution in [0.4, 0.5) is 0 Å². The van der Waals surface area contributed by atoms with Gasteiger partial charge >= 0.3 is 0 Å². The minimum Gasteiger partial charge on any atom is -0.419 e. The van der Waals surface area contributed by atoms with E-state index in [4.69, 9.17) is 17.1 Å². The van der Waals surface area contributed by atoms with Crippen molar-refractivity contribution in [3.05, 3.63) is 35.9 Å². The molecule has 0 bridgehead atoms. The summed E-state index contributed by atoms with van der Waals surface area (Å²) in [4.78, 5) is 0. The maximum atomic E-state index is 6.11. The molecule has 0 saturated carbocycles. The van der Waals surface area contributed by atoms with Gasteiger partial charge in [0, 0.05) is 17.4 Å². The summed E-state index contributed by atoms with van der Waals surface area (Å²) in [7, 11) is -1.12. The van der Waals surface area contributed by atoms with Crippen LogP contribution in [0.15, 0.2) is 30.3 Å². The van der Waals surface area contributed by atoms with Crippen LogP contribution in [0.3, 0.4) is 0 Å².